The molecule has 2 aromatic carbocycles. The second kappa shape index (κ2) is 8.26. The molecule has 0 saturated heterocycles. The number of nitrogens with zero attached hydrogens (tertiary/aromatic N) is 1. The van der Waals surface area contributed by atoms with Crippen LogP contribution in [0.4, 0.5) is 14.5 Å². The number of halogens is 2. The molecule has 2 N–H and O–H groups in total. The quantitative estimate of drug-likeness (QED) is 0.844. The highest BCUT2D eigenvalue weighted by atomic mass is 19.1. The van der Waals surface area contributed by atoms with Gasteiger partial charge in [0, 0.05) is 11.3 Å². The largest absolute Gasteiger partial charge is 0.343 e. The molecule has 1 atom stereocenters. The number of carbonyl (C=O) groups is 2. The van der Waals surface area contributed by atoms with Crippen LogP contribution in [0.25, 0.3) is 0 Å². The van der Waals surface area contributed by atoms with Gasteiger partial charge in [0.15, 0.2) is 0 Å². The van der Waals surface area contributed by atoms with Gasteiger partial charge in [-0.15, -0.1) is 0 Å². The van der Waals surface area contributed by atoms with Crippen molar-refractivity contribution in [2.45, 2.75) is 25.4 Å². The van der Waals surface area contributed by atoms with Gasteiger partial charge in [-0.25, -0.2) is 8.78 Å². The van der Waals surface area contributed by atoms with Crippen LogP contribution in [-0.4, -0.2) is 31.4 Å². The third-order valence-electron chi connectivity index (χ3n) is 4.56. The standard InChI is InChI=1S/C20H21F2N3O2/c1-23-11-19(26)24-17-9-6-13-4-2-3-5-18(13)25(20(17)27)12-14-10-15(21)7-8-16(14)22/h2-5,7-8,10,17,23H,6,9,11-12H2,1H3,(H,24,26). The van der Waals surface area contributed by atoms with Crippen molar-refractivity contribution in [3.63, 3.8) is 0 Å². The molecule has 2 amide bonds. The first kappa shape index (κ1) is 19.0. The molecule has 1 heterocycles. The minimum absolute atomic E-state index is 0.0837. The van der Waals surface area contributed by atoms with Gasteiger partial charge in [-0.1, -0.05) is 18.2 Å². The van der Waals surface area contributed by atoms with E-state index in [2.05, 4.69) is 10.6 Å². The van der Waals surface area contributed by atoms with Crippen molar-refractivity contribution < 1.29 is 18.4 Å². The Kier molecular flexibility index (Phi) is 5.81. The highest BCUT2D eigenvalue weighted by Gasteiger charge is 2.31. The monoisotopic (exact) mass is 373 g/mol. The SMILES string of the molecule is CNCC(=O)NC1CCc2ccccc2N(Cc2cc(F)ccc2F)C1=O. The van der Waals surface area contributed by atoms with Gasteiger partial charge in [0.1, 0.15) is 17.7 Å². The average Bonchev–Trinajstić information content (AvgIpc) is 2.77. The normalized spacial score (nSPS) is 16.6. The number of likely N-dealkylation sites (N-methyl/N-ethyl adjacent to an activating group) is 1. The lowest BCUT2D eigenvalue weighted by Gasteiger charge is -2.26. The van der Waals surface area contributed by atoms with Crippen molar-refractivity contribution in [1.29, 1.82) is 0 Å². The molecule has 1 unspecified atom stereocenters. The number of amides is 2. The highest BCUT2D eigenvalue weighted by molar-refractivity contribution is 6.00. The number of hydrogen-bond donors (Lipinski definition) is 2. The maximum absolute atomic E-state index is 14.2. The predicted octanol–water partition coefficient (Wildman–Crippen LogP) is 2.15. The van der Waals surface area contributed by atoms with Crippen LogP contribution in [0.3, 0.4) is 0 Å². The Labute approximate surface area is 156 Å². The Morgan fingerprint density at radius 2 is 2.00 bits per heavy atom. The first-order valence-electron chi connectivity index (χ1n) is 8.76. The van der Waals surface area contributed by atoms with Gasteiger partial charge in [0.05, 0.1) is 13.1 Å². The summed E-state index contributed by atoms with van der Waals surface area (Å²) >= 11 is 0. The van der Waals surface area contributed by atoms with Crippen molar-refractivity contribution in [3.05, 3.63) is 65.2 Å². The molecule has 1 aliphatic heterocycles. The van der Waals surface area contributed by atoms with Crippen LogP contribution in [0.1, 0.15) is 17.5 Å². The number of rotatable bonds is 5. The van der Waals surface area contributed by atoms with Gasteiger partial charge >= 0.3 is 0 Å². The van der Waals surface area contributed by atoms with E-state index in [9.17, 15) is 18.4 Å². The van der Waals surface area contributed by atoms with Crippen molar-refractivity contribution >= 4 is 17.5 Å². The zero-order valence-electron chi connectivity index (χ0n) is 15.0. The van der Waals surface area contributed by atoms with Crippen molar-refractivity contribution in [3.8, 4) is 0 Å². The maximum atomic E-state index is 14.2. The van der Waals surface area contributed by atoms with Crippen LogP contribution in [0.15, 0.2) is 42.5 Å². The molecule has 5 nitrogen and oxygen atoms in total. The Morgan fingerprint density at radius 1 is 1.22 bits per heavy atom. The Morgan fingerprint density at radius 3 is 2.78 bits per heavy atom. The lowest BCUT2D eigenvalue weighted by molar-refractivity contribution is -0.127. The van der Waals surface area contributed by atoms with Crippen LogP contribution < -0.4 is 15.5 Å². The fourth-order valence-corrected chi connectivity index (χ4v) is 3.25. The van der Waals surface area contributed by atoms with Crippen LogP contribution in [-0.2, 0) is 22.6 Å². The minimum atomic E-state index is -0.727. The molecule has 2 aromatic rings. The number of anilines is 1. The van der Waals surface area contributed by atoms with E-state index >= 15 is 0 Å². The molecule has 0 aromatic heterocycles. The second-order valence-corrected chi connectivity index (χ2v) is 6.48. The summed E-state index contributed by atoms with van der Waals surface area (Å²) < 4.78 is 27.7. The fraction of sp³-hybridized carbons (Fsp3) is 0.300. The molecular weight excluding hydrogens is 352 g/mol. The Bertz CT molecular complexity index is 857. The van der Waals surface area contributed by atoms with Gasteiger partial charge in [0.25, 0.3) is 0 Å². The fourth-order valence-electron chi connectivity index (χ4n) is 3.25. The first-order chi connectivity index (χ1) is 13.0. The summed E-state index contributed by atoms with van der Waals surface area (Å²) in [6.07, 6.45) is 1.03. The zero-order chi connectivity index (χ0) is 19.4. The van der Waals surface area contributed by atoms with Crippen molar-refractivity contribution in [2.75, 3.05) is 18.5 Å². The predicted molar refractivity (Wildman–Crippen MR) is 98.2 cm³/mol. The molecule has 0 aliphatic carbocycles. The minimum Gasteiger partial charge on any atom is -0.343 e. The lowest BCUT2D eigenvalue weighted by Crippen LogP contribution is -2.49. The number of hydrogen-bond acceptors (Lipinski definition) is 3. The average molecular weight is 373 g/mol. The van der Waals surface area contributed by atoms with Crippen molar-refractivity contribution in [1.82, 2.24) is 10.6 Å². The molecule has 0 radical (unpaired) electrons. The van der Waals surface area contributed by atoms with E-state index in [4.69, 9.17) is 0 Å². The van der Waals surface area contributed by atoms with E-state index < -0.39 is 17.7 Å². The third kappa shape index (κ3) is 4.31. The number of benzene rings is 2. The zero-order valence-corrected chi connectivity index (χ0v) is 15.0. The first-order valence-corrected chi connectivity index (χ1v) is 8.76. The summed E-state index contributed by atoms with van der Waals surface area (Å²) in [5.74, 6) is -1.78. The van der Waals surface area contributed by atoms with Crippen LogP contribution >= 0.6 is 0 Å². The molecule has 142 valence electrons. The van der Waals surface area contributed by atoms with Crippen LogP contribution in [0, 0.1) is 11.6 Å². The van der Waals surface area contributed by atoms with Crippen LogP contribution in [0.5, 0.6) is 0 Å². The molecule has 0 saturated carbocycles. The summed E-state index contributed by atoms with van der Waals surface area (Å²) in [4.78, 5) is 26.5. The van der Waals surface area contributed by atoms with Crippen molar-refractivity contribution in [2.24, 2.45) is 0 Å². The van der Waals surface area contributed by atoms with Gasteiger partial charge in [-0.2, -0.15) is 0 Å². The number of nitrogens with one attached hydrogen (secondary N) is 2. The summed E-state index contributed by atoms with van der Waals surface area (Å²) in [5, 5.41) is 5.47. The van der Waals surface area contributed by atoms with E-state index in [0.717, 1.165) is 23.8 Å². The molecule has 0 fully saturated rings. The number of para-hydroxylation sites is 1. The summed E-state index contributed by atoms with van der Waals surface area (Å²) in [7, 11) is 1.64. The van der Waals surface area contributed by atoms with Gasteiger partial charge in [-0.3, -0.25) is 9.59 Å². The smallest absolute Gasteiger partial charge is 0.249 e. The summed E-state index contributed by atoms with van der Waals surface area (Å²) in [6.45, 7) is -0.0207. The summed E-state index contributed by atoms with van der Waals surface area (Å²) in [5.41, 5.74) is 1.66. The van der Waals surface area contributed by atoms with E-state index in [1.165, 1.54) is 4.90 Å². The number of fused-ring (bicyclic) bond motifs is 1. The molecule has 27 heavy (non-hydrogen) atoms. The van der Waals surface area contributed by atoms with Gasteiger partial charge in [-0.05, 0) is 49.7 Å². The Hall–Kier alpha value is -2.80. The molecule has 3 rings (SSSR count). The number of carbonyl (C=O) groups excluding carboxylic acids is 2. The van der Waals surface area contributed by atoms with E-state index in [0.29, 0.717) is 18.5 Å². The van der Waals surface area contributed by atoms with E-state index in [1.54, 1.807) is 19.2 Å². The van der Waals surface area contributed by atoms with Gasteiger partial charge < -0.3 is 15.5 Å². The van der Waals surface area contributed by atoms with E-state index in [1.807, 2.05) is 12.1 Å². The molecule has 0 bridgehead atoms. The number of aryl methyl sites for hydroxylation is 1. The lowest BCUT2D eigenvalue weighted by atomic mass is 10.1. The molecule has 7 heteroatoms. The third-order valence-corrected chi connectivity index (χ3v) is 4.56. The highest BCUT2D eigenvalue weighted by Crippen LogP contribution is 2.29. The molecular formula is C20H21F2N3O2. The second-order valence-electron chi connectivity index (χ2n) is 6.48. The Balaban J connectivity index is 1.94. The van der Waals surface area contributed by atoms with Crippen LogP contribution in [0.2, 0.25) is 0 Å². The summed E-state index contributed by atoms with van der Waals surface area (Å²) in [6, 6.07) is 9.78. The topological polar surface area (TPSA) is 61.4 Å². The molecule has 1 aliphatic rings. The van der Waals surface area contributed by atoms with E-state index in [-0.39, 0.29) is 30.5 Å². The molecule has 0 spiro atoms. The van der Waals surface area contributed by atoms with Gasteiger partial charge in [0.2, 0.25) is 11.8 Å². The maximum Gasteiger partial charge on any atom is 0.249 e.